The van der Waals surface area contributed by atoms with E-state index in [2.05, 4.69) is 17.1 Å². The van der Waals surface area contributed by atoms with Crippen LogP contribution in [0.3, 0.4) is 0 Å². The van der Waals surface area contributed by atoms with Crippen molar-refractivity contribution >= 4 is 52.7 Å². The molecule has 35 heavy (non-hydrogen) atoms. The summed E-state index contributed by atoms with van der Waals surface area (Å²) in [5.41, 5.74) is 1.94. The largest absolute Gasteiger partial charge is 0.343 e. The third-order valence-electron chi connectivity index (χ3n) is 6.79. The van der Waals surface area contributed by atoms with E-state index >= 15 is 0 Å². The van der Waals surface area contributed by atoms with Gasteiger partial charge in [-0.3, -0.25) is 19.4 Å². The van der Waals surface area contributed by atoms with Gasteiger partial charge in [0.15, 0.2) is 0 Å². The van der Waals surface area contributed by atoms with Crippen molar-refractivity contribution in [3.05, 3.63) is 52.0 Å². The highest BCUT2D eigenvalue weighted by Gasteiger charge is 2.27. The summed E-state index contributed by atoms with van der Waals surface area (Å²) in [5, 5.41) is 0.886. The molecule has 1 aromatic rings. The van der Waals surface area contributed by atoms with Crippen LogP contribution < -0.4 is 0 Å². The minimum Gasteiger partial charge on any atom is -0.343 e. The molecule has 0 spiro atoms. The molecule has 0 bridgehead atoms. The number of likely N-dealkylation sites (tertiary alicyclic amines) is 1. The maximum Gasteiger partial charge on any atom is 0.246 e. The minimum atomic E-state index is -0.161. The Kier molecular flexibility index (Phi) is 8.63. The van der Waals surface area contributed by atoms with Crippen LogP contribution in [-0.4, -0.2) is 83.9 Å². The highest BCUT2D eigenvalue weighted by molar-refractivity contribution is 6.42. The maximum atomic E-state index is 12.8. The van der Waals surface area contributed by atoms with Crippen molar-refractivity contribution in [2.75, 3.05) is 45.8 Å². The van der Waals surface area contributed by atoms with Crippen LogP contribution in [0, 0.1) is 5.92 Å². The Morgan fingerprint density at radius 1 is 1.03 bits per heavy atom. The van der Waals surface area contributed by atoms with Gasteiger partial charge in [0.05, 0.1) is 16.6 Å². The molecule has 0 N–H and O–H groups in total. The molecular formula is C26H30Cl2N4O3. The van der Waals surface area contributed by atoms with Crippen LogP contribution in [-0.2, 0) is 14.4 Å². The summed E-state index contributed by atoms with van der Waals surface area (Å²) in [4.78, 5) is 47.8. The molecular weight excluding hydrogens is 487 g/mol. The number of hydrogen-bond donors (Lipinski definition) is 0. The van der Waals surface area contributed by atoms with Crippen LogP contribution in [0.25, 0.3) is 6.08 Å². The second-order valence-corrected chi connectivity index (χ2v) is 9.85. The Morgan fingerprint density at radius 2 is 1.83 bits per heavy atom. The molecule has 0 aliphatic carbocycles. The Hall–Kier alpha value is -2.64. The summed E-state index contributed by atoms with van der Waals surface area (Å²) in [6.07, 6.45) is 9.78. The Morgan fingerprint density at radius 3 is 2.54 bits per heavy atom. The number of nitrogens with zero attached hydrogens (tertiary/aromatic N) is 4. The Labute approximate surface area is 216 Å². The van der Waals surface area contributed by atoms with Crippen molar-refractivity contribution < 1.29 is 14.4 Å². The lowest BCUT2D eigenvalue weighted by atomic mass is 9.92. The van der Waals surface area contributed by atoms with E-state index in [0.29, 0.717) is 48.6 Å². The predicted molar refractivity (Wildman–Crippen MR) is 139 cm³/mol. The number of rotatable bonds is 6. The zero-order valence-corrected chi connectivity index (χ0v) is 21.2. The molecule has 9 heteroatoms. The number of benzene rings is 1. The summed E-state index contributed by atoms with van der Waals surface area (Å²) in [6, 6.07) is 5.16. The van der Waals surface area contributed by atoms with Crippen LogP contribution in [0.15, 0.2) is 41.4 Å². The van der Waals surface area contributed by atoms with Gasteiger partial charge in [0, 0.05) is 69.8 Å². The first kappa shape index (κ1) is 25.5. The number of aliphatic imine (C=N–C) groups is 1. The van der Waals surface area contributed by atoms with Crippen LogP contribution in [0.1, 0.15) is 31.2 Å². The molecule has 4 rings (SSSR count). The van der Waals surface area contributed by atoms with Gasteiger partial charge in [-0.25, -0.2) is 0 Å². The van der Waals surface area contributed by atoms with Gasteiger partial charge in [-0.1, -0.05) is 35.3 Å². The number of halogens is 2. The van der Waals surface area contributed by atoms with Gasteiger partial charge in [0.25, 0.3) is 0 Å². The molecule has 3 aliphatic heterocycles. The fraction of sp³-hybridized carbons (Fsp3) is 0.462. The van der Waals surface area contributed by atoms with Gasteiger partial charge < -0.3 is 14.7 Å². The van der Waals surface area contributed by atoms with Crippen molar-refractivity contribution in [1.29, 1.82) is 0 Å². The molecule has 0 unspecified atom stereocenters. The minimum absolute atomic E-state index is 0.0219. The lowest BCUT2D eigenvalue weighted by Crippen LogP contribution is -2.42. The molecule has 2 fully saturated rings. The van der Waals surface area contributed by atoms with Crippen molar-refractivity contribution in [2.24, 2.45) is 10.9 Å². The van der Waals surface area contributed by atoms with Crippen molar-refractivity contribution in [1.82, 2.24) is 14.7 Å². The number of allylic oxidation sites excluding steroid dienone is 1. The van der Waals surface area contributed by atoms with Gasteiger partial charge in [-0.15, -0.1) is 0 Å². The first-order chi connectivity index (χ1) is 16.9. The smallest absolute Gasteiger partial charge is 0.246 e. The van der Waals surface area contributed by atoms with Gasteiger partial charge in [0.2, 0.25) is 17.7 Å². The lowest BCUT2D eigenvalue weighted by Gasteiger charge is -2.32. The fourth-order valence-corrected chi connectivity index (χ4v) is 4.98. The lowest BCUT2D eigenvalue weighted by molar-refractivity contribution is -0.134. The number of carbonyl (C=O) groups excluding carboxylic acids is 3. The van der Waals surface area contributed by atoms with Crippen molar-refractivity contribution in [3.63, 3.8) is 0 Å². The van der Waals surface area contributed by atoms with Crippen molar-refractivity contribution in [2.45, 2.75) is 25.7 Å². The quantitative estimate of drug-likeness (QED) is 0.541. The van der Waals surface area contributed by atoms with E-state index in [1.165, 1.54) is 6.08 Å². The molecule has 3 aliphatic rings. The Balaban J connectivity index is 1.23. The number of hydrogen-bond acceptors (Lipinski definition) is 4. The molecule has 0 radical (unpaired) electrons. The van der Waals surface area contributed by atoms with Crippen LogP contribution in [0.5, 0.6) is 0 Å². The predicted octanol–water partition coefficient (Wildman–Crippen LogP) is 3.71. The van der Waals surface area contributed by atoms with E-state index < -0.39 is 0 Å². The van der Waals surface area contributed by atoms with Crippen LogP contribution in [0.2, 0.25) is 10.0 Å². The van der Waals surface area contributed by atoms with E-state index in [1.54, 1.807) is 34.1 Å². The number of piperidine rings is 1. The van der Waals surface area contributed by atoms with Gasteiger partial charge in [-0.05, 0) is 42.7 Å². The molecule has 0 atom stereocenters. The summed E-state index contributed by atoms with van der Waals surface area (Å²) >= 11 is 12.0. The summed E-state index contributed by atoms with van der Waals surface area (Å²) in [5.74, 6) is 0.346. The van der Waals surface area contributed by atoms with Crippen LogP contribution >= 0.6 is 23.2 Å². The topological polar surface area (TPSA) is 73.3 Å². The molecule has 0 aromatic heterocycles. The summed E-state index contributed by atoms with van der Waals surface area (Å²) in [6.45, 7) is 3.84. The van der Waals surface area contributed by atoms with Gasteiger partial charge in [0.1, 0.15) is 0 Å². The van der Waals surface area contributed by atoms with Crippen molar-refractivity contribution in [3.8, 4) is 0 Å². The monoisotopic (exact) mass is 516 g/mol. The molecule has 2 saturated heterocycles. The van der Waals surface area contributed by atoms with Crippen LogP contribution in [0.4, 0.5) is 0 Å². The molecule has 186 valence electrons. The maximum absolute atomic E-state index is 12.8. The normalized spacial score (nSPS) is 19.4. The summed E-state index contributed by atoms with van der Waals surface area (Å²) < 4.78 is 0. The summed E-state index contributed by atoms with van der Waals surface area (Å²) in [7, 11) is 0. The van der Waals surface area contributed by atoms with E-state index in [-0.39, 0.29) is 24.1 Å². The standard InChI is InChI=1S/C26H30Cl2N4O3/c27-21-5-3-19(18-22(21)28)4-6-24(33)31-14-10-26(35)32(17-16-31)15-9-25(34)30-12-7-20(8-13-30)23-2-1-11-29-23/h1-6,18,20H,7-17H2/b6-4+. The van der Waals surface area contributed by atoms with Gasteiger partial charge >= 0.3 is 0 Å². The second kappa shape index (κ2) is 11.9. The number of carbonyl (C=O) groups is 3. The highest BCUT2D eigenvalue weighted by atomic mass is 35.5. The molecule has 7 nitrogen and oxygen atoms in total. The number of amides is 3. The molecule has 1 aromatic carbocycles. The second-order valence-electron chi connectivity index (χ2n) is 9.04. The molecule has 0 saturated carbocycles. The third kappa shape index (κ3) is 6.73. The Bertz CT molecular complexity index is 1060. The average molecular weight is 517 g/mol. The average Bonchev–Trinajstić information content (AvgIpc) is 3.34. The molecule has 3 heterocycles. The van der Waals surface area contributed by atoms with E-state index in [9.17, 15) is 14.4 Å². The van der Waals surface area contributed by atoms with E-state index in [4.69, 9.17) is 23.2 Å². The first-order valence-electron chi connectivity index (χ1n) is 12.1. The van der Waals surface area contributed by atoms with E-state index in [1.807, 2.05) is 4.90 Å². The third-order valence-corrected chi connectivity index (χ3v) is 7.53. The molecule has 3 amide bonds. The fourth-order valence-electron chi connectivity index (χ4n) is 4.68. The van der Waals surface area contributed by atoms with E-state index in [0.717, 1.165) is 43.8 Å². The first-order valence-corrected chi connectivity index (χ1v) is 12.8. The zero-order chi connectivity index (χ0) is 24.8. The van der Waals surface area contributed by atoms with Gasteiger partial charge in [-0.2, -0.15) is 0 Å². The SMILES string of the molecule is O=C(/C=C/c1ccc(Cl)c(Cl)c1)N1CCC(=O)N(CCC(=O)N2CCC(C3=NCC=C3)CC2)CC1. The zero-order valence-electron chi connectivity index (χ0n) is 19.7. The highest BCUT2D eigenvalue weighted by Crippen LogP contribution is 2.24.